The standard InChI is InChI=1S/C13H27N3O3S/c1-14(7-4-12-17)20(18,19)16-10-8-15(9-11-16)13-5-2-3-6-13/h13,17H,2-12H2,1H3. The second kappa shape index (κ2) is 7.17. The van der Waals surface area contributed by atoms with Crippen molar-refractivity contribution in [1.29, 1.82) is 0 Å². The van der Waals surface area contributed by atoms with Crippen LogP contribution in [0.25, 0.3) is 0 Å². The zero-order chi connectivity index (χ0) is 14.6. The molecule has 0 radical (unpaired) electrons. The van der Waals surface area contributed by atoms with Crippen LogP contribution in [0.5, 0.6) is 0 Å². The van der Waals surface area contributed by atoms with Crippen molar-refractivity contribution in [1.82, 2.24) is 13.5 Å². The van der Waals surface area contributed by atoms with Crippen molar-refractivity contribution in [2.24, 2.45) is 0 Å². The number of rotatable bonds is 6. The van der Waals surface area contributed by atoms with Gasteiger partial charge < -0.3 is 5.11 Å². The zero-order valence-corrected chi connectivity index (χ0v) is 13.2. The minimum atomic E-state index is -3.35. The predicted octanol–water partition coefficient (Wildman–Crippen LogP) is 0.106. The van der Waals surface area contributed by atoms with Gasteiger partial charge in [-0.25, -0.2) is 0 Å². The number of aliphatic hydroxyl groups excluding tert-OH is 1. The topological polar surface area (TPSA) is 64.1 Å². The number of hydrogen-bond acceptors (Lipinski definition) is 4. The summed E-state index contributed by atoms with van der Waals surface area (Å²) in [6.45, 7) is 3.26. The van der Waals surface area contributed by atoms with Crippen LogP contribution in [0.2, 0.25) is 0 Å². The van der Waals surface area contributed by atoms with E-state index >= 15 is 0 Å². The van der Waals surface area contributed by atoms with Crippen molar-refractivity contribution in [3.05, 3.63) is 0 Å². The molecule has 1 aliphatic carbocycles. The number of hydrogen-bond donors (Lipinski definition) is 1. The Morgan fingerprint density at radius 1 is 1.15 bits per heavy atom. The van der Waals surface area contributed by atoms with E-state index in [-0.39, 0.29) is 6.61 Å². The Labute approximate surface area is 122 Å². The molecule has 0 atom stereocenters. The molecule has 2 fully saturated rings. The highest BCUT2D eigenvalue weighted by molar-refractivity contribution is 7.86. The Kier molecular flexibility index (Phi) is 5.80. The molecular formula is C13H27N3O3S. The molecule has 118 valence electrons. The second-order valence-electron chi connectivity index (χ2n) is 5.78. The van der Waals surface area contributed by atoms with E-state index in [1.807, 2.05) is 0 Å². The fraction of sp³-hybridized carbons (Fsp3) is 1.00. The smallest absolute Gasteiger partial charge is 0.281 e. The van der Waals surface area contributed by atoms with Crippen LogP contribution >= 0.6 is 0 Å². The lowest BCUT2D eigenvalue weighted by atomic mass is 10.2. The van der Waals surface area contributed by atoms with Gasteiger partial charge in [-0.05, 0) is 19.3 Å². The minimum Gasteiger partial charge on any atom is -0.396 e. The summed E-state index contributed by atoms with van der Waals surface area (Å²) in [5, 5.41) is 8.81. The molecule has 1 saturated heterocycles. The quantitative estimate of drug-likeness (QED) is 0.756. The summed E-state index contributed by atoms with van der Waals surface area (Å²) in [5.74, 6) is 0. The number of nitrogens with zero attached hydrogens (tertiary/aromatic N) is 3. The maximum Gasteiger partial charge on any atom is 0.281 e. The van der Waals surface area contributed by atoms with Crippen LogP contribution in [0.3, 0.4) is 0 Å². The first-order chi connectivity index (χ1) is 9.55. The first-order valence-electron chi connectivity index (χ1n) is 7.62. The van der Waals surface area contributed by atoms with Gasteiger partial charge in [0.15, 0.2) is 0 Å². The number of aliphatic hydroxyl groups is 1. The lowest BCUT2D eigenvalue weighted by Gasteiger charge is -2.38. The van der Waals surface area contributed by atoms with Crippen molar-refractivity contribution in [2.75, 3.05) is 46.4 Å². The third-order valence-electron chi connectivity index (χ3n) is 4.47. The molecule has 1 N–H and O–H groups in total. The Hall–Kier alpha value is -0.210. The van der Waals surface area contributed by atoms with Crippen LogP contribution in [0.1, 0.15) is 32.1 Å². The molecule has 1 aliphatic heterocycles. The van der Waals surface area contributed by atoms with Crippen LogP contribution in [-0.4, -0.2) is 79.5 Å². The van der Waals surface area contributed by atoms with Gasteiger partial charge >= 0.3 is 0 Å². The monoisotopic (exact) mass is 305 g/mol. The maximum atomic E-state index is 12.4. The molecular weight excluding hydrogens is 278 g/mol. The van der Waals surface area contributed by atoms with E-state index in [4.69, 9.17) is 5.11 Å². The lowest BCUT2D eigenvalue weighted by molar-refractivity contribution is 0.135. The largest absolute Gasteiger partial charge is 0.396 e. The molecule has 2 rings (SSSR count). The van der Waals surface area contributed by atoms with Crippen molar-refractivity contribution in [3.8, 4) is 0 Å². The zero-order valence-electron chi connectivity index (χ0n) is 12.4. The summed E-state index contributed by atoms with van der Waals surface area (Å²) in [7, 11) is -1.76. The minimum absolute atomic E-state index is 0.0231. The Morgan fingerprint density at radius 3 is 2.30 bits per heavy atom. The fourth-order valence-corrected chi connectivity index (χ4v) is 4.55. The Balaban J connectivity index is 1.85. The molecule has 20 heavy (non-hydrogen) atoms. The fourth-order valence-electron chi connectivity index (χ4n) is 3.17. The van der Waals surface area contributed by atoms with E-state index in [2.05, 4.69) is 4.90 Å². The summed E-state index contributed by atoms with van der Waals surface area (Å²) in [6.07, 6.45) is 5.64. The molecule has 2 aliphatic rings. The summed E-state index contributed by atoms with van der Waals surface area (Å²) in [5.41, 5.74) is 0. The predicted molar refractivity (Wildman–Crippen MR) is 78.7 cm³/mol. The molecule has 7 heteroatoms. The number of piperazine rings is 1. The van der Waals surface area contributed by atoms with Crippen LogP contribution in [0.15, 0.2) is 0 Å². The maximum absolute atomic E-state index is 12.4. The van der Waals surface area contributed by atoms with Crippen LogP contribution in [0.4, 0.5) is 0 Å². The highest BCUT2D eigenvalue weighted by atomic mass is 32.2. The molecule has 0 amide bonds. The van der Waals surface area contributed by atoms with Gasteiger partial charge in [0.05, 0.1) is 0 Å². The average Bonchev–Trinajstić information content (AvgIpc) is 2.99. The normalized spacial score (nSPS) is 23.8. The molecule has 0 unspecified atom stereocenters. The van der Waals surface area contributed by atoms with Crippen LogP contribution in [-0.2, 0) is 10.2 Å². The van der Waals surface area contributed by atoms with Gasteiger partial charge in [-0.2, -0.15) is 17.0 Å². The van der Waals surface area contributed by atoms with E-state index in [0.717, 1.165) is 13.1 Å². The van der Waals surface area contributed by atoms with Gasteiger partial charge in [0, 0.05) is 52.4 Å². The van der Waals surface area contributed by atoms with Crippen molar-refractivity contribution < 1.29 is 13.5 Å². The van der Waals surface area contributed by atoms with E-state index in [9.17, 15) is 8.42 Å². The lowest BCUT2D eigenvalue weighted by Crippen LogP contribution is -2.54. The first kappa shape index (κ1) is 16.2. The summed E-state index contributed by atoms with van der Waals surface area (Å²) < 4.78 is 27.7. The summed E-state index contributed by atoms with van der Waals surface area (Å²) in [6, 6.07) is 0.673. The van der Waals surface area contributed by atoms with E-state index in [0.29, 0.717) is 32.1 Å². The van der Waals surface area contributed by atoms with Gasteiger partial charge in [-0.1, -0.05) is 12.8 Å². The van der Waals surface area contributed by atoms with Gasteiger partial charge in [0.2, 0.25) is 0 Å². The molecule has 6 nitrogen and oxygen atoms in total. The summed E-state index contributed by atoms with van der Waals surface area (Å²) >= 11 is 0. The van der Waals surface area contributed by atoms with E-state index in [1.54, 1.807) is 11.4 Å². The Morgan fingerprint density at radius 2 is 1.75 bits per heavy atom. The second-order valence-corrected chi connectivity index (χ2v) is 7.82. The molecule has 1 saturated carbocycles. The third kappa shape index (κ3) is 3.71. The highest BCUT2D eigenvalue weighted by Crippen LogP contribution is 2.25. The van der Waals surface area contributed by atoms with Gasteiger partial charge in [0.1, 0.15) is 0 Å². The Bertz CT molecular complexity index is 388. The van der Waals surface area contributed by atoms with Gasteiger partial charge in [0.25, 0.3) is 10.2 Å². The third-order valence-corrected chi connectivity index (χ3v) is 6.45. The highest BCUT2D eigenvalue weighted by Gasteiger charge is 2.32. The molecule has 0 aromatic carbocycles. The van der Waals surface area contributed by atoms with E-state index < -0.39 is 10.2 Å². The summed E-state index contributed by atoms with van der Waals surface area (Å²) in [4.78, 5) is 2.45. The molecule has 0 aromatic rings. The average molecular weight is 305 g/mol. The van der Waals surface area contributed by atoms with Crippen molar-refractivity contribution in [3.63, 3.8) is 0 Å². The van der Waals surface area contributed by atoms with Gasteiger partial charge in [-0.3, -0.25) is 4.90 Å². The molecule has 0 bridgehead atoms. The first-order valence-corrected chi connectivity index (χ1v) is 9.01. The van der Waals surface area contributed by atoms with Crippen molar-refractivity contribution in [2.45, 2.75) is 38.1 Å². The van der Waals surface area contributed by atoms with Crippen LogP contribution < -0.4 is 0 Å². The van der Waals surface area contributed by atoms with Crippen LogP contribution in [0, 0.1) is 0 Å². The molecule has 0 spiro atoms. The van der Waals surface area contributed by atoms with Gasteiger partial charge in [-0.15, -0.1) is 0 Å². The molecule has 0 aromatic heterocycles. The molecule has 1 heterocycles. The van der Waals surface area contributed by atoms with E-state index in [1.165, 1.54) is 30.0 Å². The van der Waals surface area contributed by atoms with Crippen molar-refractivity contribution >= 4 is 10.2 Å². The SMILES string of the molecule is CN(CCCO)S(=O)(=O)N1CCN(C2CCCC2)CC1.